The van der Waals surface area contributed by atoms with Gasteiger partial charge in [0, 0.05) is 24.5 Å². The summed E-state index contributed by atoms with van der Waals surface area (Å²) in [5, 5.41) is 3.94. The minimum absolute atomic E-state index is 0.284. The van der Waals surface area contributed by atoms with Crippen LogP contribution in [0.5, 0.6) is 0 Å². The zero-order valence-electron chi connectivity index (χ0n) is 9.24. The summed E-state index contributed by atoms with van der Waals surface area (Å²) < 4.78 is 0. The van der Waals surface area contributed by atoms with Crippen LogP contribution in [0, 0.1) is 12.3 Å². The molecule has 2 nitrogen and oxygen atoms in total. The lowest BCUT2D eigenvalue weighted by molar-refractivity contribution is 0.601. The van der Waals surface area contributed by atoms with Gasteiger partial charge in [-0.25, -0.2) is 4.98 Å². The van der Waals surface area contributed by atoms with Crippen molar-refractivity contribution in [3.8, 4) is 12.3 Å². The van der Waals surface area contributed by atoms with Crippen molar-refractivity contribution in [1.29, 1.82) is 0 Å². The number of aromatic nitrogens is 1. The summed E-state index contributed by atoms with van der Waals surface area (Å²) in [6, 6.07) is 4.14. The van der Waals surface area contributed by atoms with Gasteiger partial charge >= 0.3 is 0 Å². The van der Waals surface area contributed by atoms with Gasteiger partial charge in [-0.1, -0.05) is 17.5 Å². The Labute approximate surface area is 106 Å². The second-order valence-corrected chi connectivity index (χ2v) is 4.84. The monoisotopic (exact) mass is 254 g/mol. The fourth-order valence-corrected chi connectivity index (χ4v) is 1.99. The number of halogens is 1. The van der Waals surface area contributed by atoms with Crippen LogP contribution in [0.25, 0.3) is 0 Å². The van der Waals surface area contributed by atoms with Crippen molar-refractivity contribution < 1.29 is 0 Å². The molecule has 0 saturated carbocycles. The summed E-state index contributed by atoms with van der Waals surface area (Å²) in [5.74, 6) is 4.40. The molecule has 0 amide bonds. The van der Waals surface area contributed by atoms with Gasteiger partial charge in [0.25, 0.3) is 0 Å². The van der Waals surface area contributed by atoms with Crippen LogP contribution in [0.15, 0.2) is 18.3 Å². The quantitative estimate of drug-likeness (QED) is 0.480. The molecule has 86 valence electrons. The summed E-state index contributed by atoms with van der Waals surface area (Å²) in [4.78, 5) is 3.95. The number of hydrogen-bond acceptors (Lipinski definition) is 3. The van der Waals surface area contributed by atoms with E-state index in [4.69, 9.17) is 18.0 Å². The molecule has 16 heavy (non-hydrogen) atoms. The van der Waals surface area contributed by atoms with Crippen molar-refractivity contribution in [2.75, 3.05) is 18.1 Å². The van der Waals surface area contributed by atoms with Gasteiger partial charge < -0.3 is 5.32 Å². The normalized spacial score (nSPS) is 12.1. The summed E-state index contributed by atoms with van der Waals surface area (Å²) >= 11 is 7.58. The van der Waals surface area contributed by atoms with Gasteiger partial charge in [0.05, 0.1) is 5.75 Å². The molecule has 1 atom stereocenters. The molecule has 0 bridgehead atoms. The Morgan fingerprint density at radius 3 is 3.19 bits per heavy atom. The molecular weight excluding hydrogens is 240 g/mol. The van der Waals surface area contributed by atoms with E-state index < -0.39 is 0 Å². The minimum Gasteiger partial charge on any atom is -0.309 e. The summed E-state index contributed by atoms with van der Waals surface area (Å²) in [6.07, 6.45) is 6.89. The van der Waals surface area contributed by atoms with E-state index in [9.17, 15) is 0 Å². The minimum atomic E-state index is 0.284. The number of nitrogens with one attached hydrogen (secondary N) is 1. The second-order valence-electron chi connectivity index (χ2n) is 3.34. The first-order valence-corrected chi connectivity index (χ1v) is 6.63. The van der Waals surface area contributed by atoms with Gasteiger partial charge in [0.15, 0.2) is 0 Å². The lowest BCUT2D eigenvalue weighted by atomic mass is 10.1. The number of nitrogens with zero attached hydrogens (tertiary/aromatic N) is 1. The number of pyridine rings is 1. The topological polar surface area (TPSA) is 24.9 Å². The van der Waals surface area contributed by atoms with Crippen molar-refractivity contribution in [2.45, 2.75) is 13.0 Å². The summed E-state index contributed by atoms with van der Waals surface area (Å²) in [5.41, 5.74) is 1.15. The van der Waals surface area contributed by atoms with Crippen LogP contribution in [0.3, 0.4) is 0 Å². The van der Waals surface area contributed by atoms with Gasteiger partial charge in [-0.15, -0.1) is 18.2 Å². The van der Waals surface area contributed by atoms with E-state index in [2.05, 4.69) is 23.1 Å². The van der Waals surface area contributed by atoms with Crippen LogP contribution >= 0.6 is 23.4 Å². The standard InChI is InChI=1S/C12H15ClN2S/c1-3-7-16-8-6-14-10(2)11-4-5-15-12(13)9-11/h1,4-5,9-10,14H,6-8H2,2H3. The molecule has 1 heterocycles. The average Bonchev–Trinajstić information content (AvgIpc) is 2.28. The number of terminal acetylenes is 1. The van der Waals surface area contributed by atoms with Crippen LogP contribution in [-0.4, -0.2) is 23.0 Å². The maximum absolute atomic E-state index is 5.83. The molecule has 1 N–H and O–H groups in total. The highest BCUT2D eigenvalue weighted by Crippen LogP contribution is 2.14. The molecule has 0 fully saturated rings. The highest BCUT2D eigenvalue weighted by molar-refractivity contribution is 7.99. The highest BCUT2D eigenvalue weighted by atomic mass is 35.5. The number of rotatable bonds is 6. The fourth-order valence-electron chi connectivity index (χ4n) is 1.28. The zero-order valence-corrected chi connectivity index (χ0v) is 10.8. The van der Waals surface area contributed by atoms with Gasteiger partial charge in [-0.3, -0.25) is 0 Å². The zero-order chi connectivity index (χ0) is 11.8. The maximum atomic E-state index is 5.83. The third kappa shape index (κ3) is 4.89. The molecule has 1 unspecified atom stereocenters. The third-order valence-electron chi connectivity index (χ3n) is 2.13. The number of thioether (sulfide) groups is 1. The molecule has 0 spiro atoms. The largest absolute Gasteiger partial charge is 0.309 e. The molecule has 0 aliphatic rings. The SMILES string of the molecule is C#CCSCCNC(C)c1ccnc(Cl)c1. The maximum Gasteiger partial charge on any atom is 0.129 e. The average molecular weight is 255 g/mol. The van der Waals surface area contributed by atoms with Crippen LogP contribution in [0.4, 0.5) is 0 Å². The molecule has 4 heteroatoms. The van der Waals surface area contributed by atoms with E-state index in [1.807, 2.05) is 12.1 Å². The van der Waals surface area contributed by atoms with Crippen LogP contribution in [0.2, 0.25) is 5.15 Å². The molecule has 0 radical (unpaired) electrons. The predicted molar refractivity (Wildman–Crippen MR) is 71.8 cm³/mol. The summed E-state index contributed by atoms with van der Waals surface area (Å²) in [7, 11) is 0. The summed E-state index contributed by atoms with van der Waals surface area (Å²) in [6.45, 7) is 3.05. The van der Waals surface area contributed by atoms with E-state index in [0.29, 0.717) is 5.15 Å². The predicted octanol–water partition coefficient (Wildman–Crippen LogP) is 2.75. The van der Waals surface area contributed by atoms with Gasteiger partial charge in [0.2, 0.25) is 0 Å². The molecule has 0 aliphatic heterocycles. The molecule has 1 rings (SSSR count). The van der Waals surface area contributed by atoms with Crippen molar-refractivity contribution in [1.82, 2.24) is 10.3 Å². The molecule has 0 aliphatic carbocycles. The lowest BCUT2D eigenvalue weighted by Gasteiger charge is -2.13. The highest BCUT2D eigenvalue weighted by Gasteiger charge is 2.04. The van der Waals surface area contributed by atoms with Crippen molar-refractivity contribution in [3.63, 3.8) is 0 Å². The first kappa shape index (κ1) is 13.4. The third-order valence-corrected chi connectivity index (χ3v) is 3.20. The Balaban J connectivity index is 2.30. The molecule has 1 aromatic rings. The van der Waals surface area contributed by atoms with Crippen LogP contribution in [-0.2, 0) is 0 Å². The lowest BCUT2D eigenvalue weighted by Crippen LogP contribution is -2.21. The first-order chi connectivity index (χ1) is 7.74. The van der Waals surface area contributed by atoms with Crippen LogP contribution < -0.4 is 5.32 Å². The van der Waals surface area contributed by atoms with Crippen LogP contribution in [0.1, 0.15) is 18.5 Å². The molecule has 0 aromatic carbocycles. The Bertz CT molecular complexity index is 362. The second kappa shape index (κ2) is 7.56. The fraction of sp³-hybridized carbons (Fsp3) is 0.417. The van der Waals surface area contributed by atoms with Gasteiger partial charge in [-0.2, -0.15) is 0 Å². The van der Waals surface area contributed by atoms with E-state index in [1.54, 1.807) is 18.0 Å². The Morgan fingerprint density at radius 1 is 1.69 bits per heavy atom. The van der Waals surface area contributed by atoms with E-state index in [-0.39, 0.29) is 6.04 Å². The number of hydrogen-bond donors (Lipinski definition) is 1. The van der Waals surface area contributed by atoms with E-state index in [0.717, 1.165) is 23.6 Å². The van der Waals surface area contributed by atoms with Gasteiger partial charge in [0.1, 0.15) is 5.15 Å². The van der Waals surface area contributed by atoms with Crippen molar-refractivity contribution in [3.05, 3.63) is 29.0 Å². The molecule has 1 aromatic heterocycles. The molecular formula is C12H15ClN2S. The Morgan fingerprint density at radius 2 is 2.50 bits per heavy atom. The van der Waals surface area contributed by atoms with E-state index in [1.165, 1.54) is 0 Å². The Hall–Kier alpha value is -0.690. The smallest absolute Gasteiger partial charge is 0.129 e. The first-order valence-electron chi connectivity index (χ1n) is 5.10. The van der Waals surface area contributed by atoms with Crippen molar-refractivity contribution >= 4 is 23.4 Å². The van der Waals surface area contributed by atoms with Crippen molar-refractivity contribution in [2.24, 2.45) is 0 Å². The molecule has 0 saturated heterocycles. The van der Waals surface area contributed by atoms with Gasteiger partial charge in [-0.05, 0) is 24.6 Å². The van der Waals surface area contributed by atoms with E-state index >= 15 is 0 Å². The Kier molecular flexibility index (Phi) is 6.32.